The number of amides is 1. The number of carbonyl (C=O) groups excluding carboxylic acids is 1. The summed E-state index contributed by atoms with van der Waals surface area (Å²) in [4.78, 5) is 30.6. The van der Waals surface area contributed by atoms with Crippen molar-refractivity contribution in [3.63, 3.8) is 0 Å². The van der Waals surface area contributed by atoms with E-state index in [-0.39, 0.29) is 22.1 Å². The monoisotopic (exact) mass is 1050 g/mol. The highest BCUT2D eigenvalue weighted by Gasteiger charge is 2.55. The van der Waals surface area contributed by atoms with Crippen molar-refractivity contribution in [1.29, 1.82) is 0 Å². The van der Waals surface area contributed by atoms with Crippen LogP contribution < -0.4 is 9.91 Å². The summed E-state index contributed by atoms with van der Waals surface area (Å²) < 4.78 is 0. The van der Waals surface area contributed by atoms with Crippen LogP contribution in [-0.4, -0.2) is 22.7 Å². The van der Waals surface area contributed by atoms with E-state index in [1.54, 1.807) is 51.8 Å². The third-order valence-corrected chi connectivity index (χ3v) is 21.2. The molecule has 0 radical (unpaired) electrons. The maximum atomic E-state index is 13.7. The van der Waals surface area contributed by atoms with Crippen molar-refractivity contribution in [3.8, 4) is 32.7 Å². The number of hydrogen-bond acceptors (Lipinski definition) is 5. The van der Waals surface area contributed by atoms with Crippen LogP contribution in [0.3, 0.4) is 0 Å². The summed E-state index contributed by atoms with van der Waals surface area (Å²) in [6.45, 7) is 0. The number of para-hydroxylation sites is 1. The average molecular weight is 1050 g/mol. The number of benzene rings is 6. The lowest BCUT2D eigenvalue weighted by Crippen LogP contribution is -2.44. The van der Waals surface area contributed by atoms with Gasteiger partial charge < -0.3 is 10.0 Å². The standard InChI is InChI=1S/C71H71N3O3S/c75-68-61(67(69(76)77)72-74(68)53-28-14-5-15-29-53)46-56-40-43-66(78-56)47-34-36-52(37-35-47)73(54-38-41-59-57-30-16-18-32-62(57)70(64(59)44-54,48-20-6-1-7-21-48)49-22-8-2-9-23-49)55-39-42-60-58-31-17-19-33-63(58)71(65(60)45-55,50-24-10-3-11-25-50)51-26-12-4-13-27-51/h5,14-19,28-46,48-51H,1-4,6-13,20-27H2,(H,76,77)/b61-46-. The number of hydrazone groups is 1. The van der Waals surface area contributed by atoms with E-state index in [9.17, 15) is 14.7 Å². The second-order valence-electron chi connectivity index (χ2n) is 24.0. The van der Waals surface area contributed by atoms with Crippen LogP contribution in [0.25, 0.3) is 38.8 Å². The Balaban J connectivity index is 0.913. The topological polar surface area (TPSA) is 73.2 Å². The largest absolute Gasteiger partial charge is 0.476 e. The van der Waals surface area contributed by atoms with Crippen LogP contribution in [0, 0.1) is 23.7 Å². The predicted octanol–water partition coefficient (Wildman–Crippen LogP) is 18.6. The molecule has 1 aliphatic heterocycles. The van der Waals surface area contributed by atoms with Crippen molar-refractivity contribution in [1.82, 2.24) is 0 Å². The fraction of sp³-hybridized carbons (Fsp3) is 0.366. The van der Waals surface area contributed by atoms with Crippen LogP contribution in [0.4, 0.5) is 22.7 Å². The number of nitrogens with zero attached hydrogens (tertiary/aromatic N) is 3. The van der Waals surface area contributed by atoms with Crippen molar-refractivity contribution in [3.05, 3.63) is 184 Å². The average Bonchev–Trinajstić information content (AvgIpc) is 4.30. The molecule has 394 valence electrons. The molecule has 14 rings (SSSR count). The fourth-order valence-corrected chi connectivity index (χ4v) is 18.0. The number of carbonyl (C=O) groups is 2. The Morgan fingerprint density at radius 2 is 0.936 bits per heavy atom. The van der Waals surface area contributed by atoms with Crippen LogP contribution in [-0.2, 0) is 20.4 Å². The summed E-state index contributed by atoms with van der Waals surface area (Å²) in [5.74, 6) is 0.798. The van der Waals surface area contributed by atoms with Crippen LogP contribution in [0.15, 0.2) is 162 Å². The number of aliphatic carboxylic acids is 1. The molecule has 0 bridgehead atoms. The molecular formula is C71H71N3O3S. The van der Waals surface area contributed by atoms with Gasteiger partial charge in [0.25, 0.3) is 5.91 Å². The molecule has 2 heterocycles. The molecule has 0 spiro atoms. The lowest BCUT2D eigenvalue weighted by atomic mass is 9.54. The van der Waals surface area contributed by atoms with Crippen molar-refractivity contribution in [2.45, 2.75) is 139 Å². The van der Waals surface area contributed by atoms with Gasteiger partial charge in [-0.3, -0.25) is 4.79 Å². The Hall–Kier alpha value is -6.83. The first-order chi connectivity index (χ1) is 38.4. The highest BCUT2D eigenvalue weighted by molar-refractivity contribution is 7.16. The van der Waals surface area contributed by atoms with Gasteiger partial charge in [0.05, 0.1) is 11.3 Å². The number of carboxylic acids is 1. The van der Waals surface area contributed by atoms with E-state index in [2.05, 4.69) is 125 Å². The Kier molecular flexibility index (Phi) is 13.0. The molecule has 7 heteroatoms. The Labute approximate surface area is 464 Å². The van der Waals surface area contributed by atoms with Crippen LogP contribution in [0.2, 0.25) is 0 Å². The van der Waals surface area contributed by atoms with E-state index in [0.29, 0.717) is 29.4 Å². The van der Waals surface area contributed by atoms with Gasteiger partial charge in [0.2, 0.25) is 0 Å². The molecule has 6 aliphatic carbocycles. The summed E-state index contributed by atoms with van der Waals surface area (Å²) >= 11 is 1.55. The summed E-state index contributed by atoms with van der Waals surface area (Å²) in [6.07, 6.45) is 28.0. The quantitative estimate of drug-likeness (QED) is 0.131. The van der Waals surface area contributed by atoms with Crippen molar-refractivity contribution < 1.29 is 14.7 Å². The second-order valence-corrected chi connectivity index (χ2v) is 25.1. The van der Waals surface area contributed by atoms with Gasteiger partial charge in [0.1, 0.15) is 0 Å². The number of carboxylic acid groups (broad SMARTS) is 1. The maximum Gasteiger partial charge on any atom is 0.357 e. The molecule has 78 heavy (non-hydrogen) atoms. The van der Waals surface area contributed by atoms with Crippen LogP contribution in [0.1, 0.15) is 156 Å². The first-order valence-corrected chi connectivity index (χ1v) is 30.7. The Morgan fingerprint density at radius 3 is 1.41 bits per heavy atom. The molecule has 4 fully saturated rings. The first-order valence-electron chi connectivity index (χ1n) is 29.9. The Morgan fingerprint density at radius 1 is 0.500 bits per heavy atom. The lowest BCUT2D eigenvalue weighted by molar-refractivity contribution is -0.129. The fourth-order valence-electron chi connectivity index (χ4n) is 17.0. The SMILES string of the molecule is O=C(O)C1=NN(c2ccccc2)C(=O)/C1=C\c1ccc(-c2ccc(N(c3ccc4c(c3)C(C3CCCCC3)(C3CCCCC3)c3ccccc3-4)c3ccc4c(c3)C(C3CCCCC3)(C3CCCCC3)c3ccccc3-4)cc2)s1. The van der Waals surface area contributed by atoms with Crippen molar-refractivity contribution in [2.75, 3.05) is 9.91 Å². The number of rotatable bonds is 11. The molecule has 1 amide bonds. The predicted molar refractivity (Wildman–Crippen MR) is 320 cm³/mol. The molecule has 4 saturated carbocycles. The molecule has 0 saturated heterocycles. The Bertz CT molecular complexity index is 3300. The lowest BCUT2D eigenvalue weighted by Gasteiger charge is -2.49. The number of thiophene rings is 1. The van der Waals surface area contributed by atoms with Gasteiger partial charge in [0, 0.05) is 37.6 Å². The molecule has 7 aliphatic rings. The van der Waals surface area contributed by atoms with E-state index in [0.717, 1.165) is 21.0 Å². The van der Waals surface area contributed by atoms with Gasteiger partial charge in [-0.05, 0) is 192 Å². The molecule has 1 N–H and O–H groups in total. The molecule has 6 nitrogen and oxygen atoms in total. The van der Waals surface area contributed by atoms with Crippen LogP contribution in [0.5, 0.6) is 0 Å². The molecule has 7 aromatic rings. The minimum absolute atomic E-state index is 0.0127. The van der Waals surface area contributed by atoms with E-state index < -0.39 is 11.9 Å². The van der Waals surface area contributed by atoms with Gasteiger partial charge in [-0.2, -0.15) is 10.1 Å². The minimum atomic E-state index is -1.23. The van der Waals surface area contributed by atoms with Crippen LogP contribution >= 0.6 is 11.3 Å². The first kappa shape index (κ1) is 49.5. The van der Waals surface area contributed by atoms with Gasteiger partial charge >= 0.3 is 5.97 Å². The number of anilines is 4. The minimum Gasteiger partial charge on any atom is -0.476 e. The van der Waals surface area contributed by atoms with Gasteiger partial charge in [-0.25, -0.2) is 4.79 Å². The summed E-state index contributed by atoms with van der Waals surface area (Å²) in [5.41, 5.74) is 17.1. The second kappa shape index (κ2) is 20.4. The highest BCUT2D eigenvalue weighted by atomic mass is 32.1. The van der Waals surface area contributed by atoms with E-state index >= 15 is 0 Å². The van der Waals surface area contributed by atoms with Crippen molar-refractivity contribution >= 4 is 57.8 Å². The third-order valence-electron chi connectivity index (χ3n) is 20.1. The molecular weight excluding hydrogens is 975 g/mol. The van der Waals surface area contributed by atoms with Gasteiger partial charge in [-0.15, -0.1) is 11.3 Å². The number of hydrogen-bond donors (Lipinski definition) is 1. The van der Waals surface area contributed by atoms with Gasteiger partial charge in [0.15, 0.2) is 5.71 Å². The smallest absolute Gasteiger partial charge is 0.357 e. The third kappa shape index (κ3) is 8.02. The highest BCUT2D eigenvalue weighted by Crippen LogP contribution is 2.65. The zero-order chi connectivity index (χ0) is 52.4. The molecule has 1 aromatic heterocycles. The summed E-state index contributed by atoms with van der Waals surface area (Å²) in [7, 11) is 0. The zero-order valence-electron chi connectivity index (χ0n) is 45.0. The summed E-state index contributed by atoms with van der Waals surface area (Å²) in [5, 5.41) is 15.6. The van der Waals surface area contributed by atoms with Gasteiger partial charge in [-0.1, -0.05) is 168 Å². The maximum absolute atomic E-state index is 13.7. The summed E-state index contributed by atoms with van der Waals surface area (Å²) in [6, 6.07) is 56.6. The zero-order valence-corrected chi connectivity index (χ0v) is 45.8. The van der Waals surface area contributed by atoms with E-state index in [1.165, 1.54) is 167 Å². The molecule has 6 aromatic carbocycles. The van der Waals surface area contributed by atoms with E-state index in [4.69, 9.17) is 0 Å². The number of fused-ring (bicyclic) bond motifs is 6. The van der Waals surface area contributed by atoms with Crippen molar-refractivity contribution in [2.24, 2.45) is 28.8 Å². The normalized spacial score (nSPS) is 20.8. The van der Waals surface area contributed by atoms with E-state index in [1.807, 2.05) is 24.3 Å². The molecule has 0 unspecified atom stereocenters. The molecule has 0 atom stereocenters.